The summed E-state index contributed by atoms with van der Waals surface area (Å²) in [5.74, 6) is 2.63. The third kappa shape index (κ3) is 3.09. The number of likely N-dealkylation sites (tertiary alicyclic amines) is 1. The molecular formula is C11H16N2. The van der Waals surface area contributed by atoms with Crippen LogP contribution in [0, 0.1) is 23.7 Å². The summed E-state index contributed by atoms with van der Waals surface area (Å²) in [7, 11) is 0. The summed E-state index contributed by atoms with van der Waals surface area (Å²) in [6.45, 7) is 2.06. The van der Waals surface area contributed by atoms with Crippen molar-refractivity contribution in [3.05, 3.63) is 0 Å². The molecule has 70 valence electrons. The van der Waals surface area contributed by atoms with Gasteiger partial charge in [-0.3, -0.25) is 4.90 Å². The average Bonchev–Trinajstić information content (AvgIpc) is 2.19. The SMILES string of the molecule is C#CCCCN1CCCCC1C#N. The fraction of sp³-hybridized carbons (Fsp3) is 0.727. The number of unbranched alkanes of at least 4 members (excludes halogenated alkanes) is 1. The van der Waals surface area contributed by atoms with Crippen molar-refractivity contribution in [1.29, 1.82) is 5.26 Å². The molecule has 2 heteroatoms. The Morgan fingerprint density at radius 1 is 1.46 bits per heavy atom. The lowest BCUT2D eigenvalue weighted by Gasteiger charge is -2.30. The second-order valence-corrected chi connectivity index (χ2v) is 3.48. The average molecular weight is 176 g/mol. The zero-order valence-electron chi connectivity index (χ0n) is 8.00. The summed E-state index contributed by atoms with van der Waals surface area (Å²) >= 11 is 0. The highest BCUT2D eigenvalue weighted by atomic mass is 15.2. The van der Waals surface area contributed by atoms with Gasteiger partial charge in [0.05, 0.1) is 12.1 Å². The standard InChI is InChI=1S/C11H16N2/c1-2-3-5-8-13-9-6-4-7-11(13)10-12/h1,11H,3-9H2. The van der Waals surface area contributed by atoms with Crippen LogP contribution in [0.2, 0.25) is 0 Å². The molecule has 0 aromatic heterocycles. The van der Waals surface area contributed by atoms with E-state index in [9.17, 15) is 0 Å². The highest BCUT2D eigenvalue weighted by Gasteiger charge is 2.20. The summed E-state index contributed by atoms with van der Waals surface area (Å²) in [6.07, 6.45) is 10.5. The Morgan fingerprint density at radius 3 is 3.00 bits per heavy atom. The highest BCUT2D eigenvalue weighted by molar-refractivity contribution is 4.94. The van der Waals surface area contributed by atoms with Crippen molar-refractivity contribution >= 4 is 0 Å². The van der Waals surface area contributed by atoms with E-state index >= 15 is 0 Å². The third-order valence-corrected chi connectivity index (χ3v) is 2.53. The Morgan fingerprint density at radius 2 is 2.31 bits per heavy atom. The molecule has 0 radical (unpaired) electrons. The van der Waals surface area contributed by atoms with Crippen LogP contribution in [0.15, 0.2) is 0 Å². The molecule has 2 nitrogen and oxygen atoms in total. The van der Waals surface area contributed by atoms with Gasteiger partial charge in [0.15, 0.2) is 0 Å². The normalized spacial score (nSPS) is 23.4. The largest absolute Gasteiger partial charge is 0.288 e. The van der Waals surface area contributed by atoms with E-state index in [1.54, 1.807) is 0 Å². The predicted molar refractivity (Wildman–Crippen MR) is 52.9 cm³/mol. The quantitative estimate of drug-likeness (QED) is 0.484. The molecule has 1 heterocycles. The monoisotopic (exact) mass is 176 g/mol. The first kappa shape index (κ1) is 10.1. The fourth-order valence-electron chi connectivity index (χ4n) is 1.79. The molecule has 13 heavy (non-hydrogen) atoms. The molecule has 0 N–H and O–H groups in total. The molecule has 1 saturated heterocycles. The topological polar surface area (TPSA) is 27.0 Å². The van der Waals surface area contributed by atoms with Crippen LogP contribution in [0.5, 0.6) is 0 Å². The first-order valence-corrected chi connectivity index (χ1v) is 4.95. The summed E-state index contributed by atoms with van der Waals surface area (Å²) in [5, 5.41) is 8.89. The number of hydrogen-bond donors (Lipinski definition) is 0. The second-order valence-electron chi connectivity index (χ2n) is 3.48. The van der Waals surface area contributed by atoms with Crippen molar-refractivity contribution in [3.63, 3.8) is 0 Å². The van der Waals surface area contributed by atoms with E-state index in [4.69, 9.17) is 11.7 Å². The van der Waals surface area contributed by atoms with Crippen molar-refractivity contribution in [2.45, 2.75) is 38.1 Å². The van der Waals surface area contributed by atoms with E-state index in [-0.39, 0.29) is 6.04 Å². The minimum atomic E-state index is 0.145. The molecule has 0 saturated carbocycles. The van der Waals surface area contributed by atoms with Crippen molar-refractivity contribution in [2.24, 2.45) is 0 Å². The van der Waals surface area contributed by atoms with Gasteiger partial charge in [-0.2, -0.15) is 5.26 Å². The van der Waals surface area contributed by atoms with Crippen LogP contribution >= 0.6 is 0 Å². The molecule has 0 aromatic carbocycles. The summed E-state index contributed by atoms with van der Waals surface area (Å²) in [6, 6.07) is 2.50. The minimum absolute atomic E-state index is 0.145. The summed E-state index contributed by atoms with van der Waals surface area (Å²) in [5.41, 5.74) is 0. The van der Waals surface area contributed by atoms with Crippen LogP contribution in [0.1, 0.15) is 32.1 Å². The first-order chi connectivity index (χ1) is 6.38. The van der Waals surface area contributed by atoms with E-state index in [2.05, 4.69) is 16.9 Å². The fourth-order valence-corrected chi connectivity index (χ4v) is 1.79. The van der Waals surface area contributed by atoms with Crippen molar-refractivity contribution in [1.82, 2.24) is 4.90 Å². The smallest absolute Gasteiger partial charge is 0.0977 e. The van der Waals surface area contributed by atoms with Gasteiger partial charge >= 0.3 is 0 Å². The number of piperidine rings is 1. The summed E-state index contributed by atoms with van der Waals surface area (Å²) in [4.78, 5) is 2.26. The van der Waals surface area contributed by atoms with Gasteiger partial charge in [-0.25, -0.2) is 0 Å². The Bertz CT molecular complexity index is 221. The lowest BCUT2D eigenvalue weighted by atomic mass is 10.0. The molecular weight excluding hydrogens is 160 g/mol. The van der Waals surface area contributed by atoms with Crippen LogP contribution in [0.25, 0.3) is 0 Å². The molecule has 0 aliphatic carbocycles. The predicted octanol–water partition coefficient (Wildman–Crippen LogP) is 1.78. The molecule has 1 rings (SSSR count). The van der Waals surface area contributed by atoms with Gasteiger partial charge in [0, 0.05) is 13.0 Å². The second kappa shape index (κ2) is 5.62. The zero-order chi connectivity index (χ0) is 9.52. The number of rotatable bonds is 3. The van der Waals surface area contributed by atoms with Gasteiger partial charge in [-0.05, 0) is 32.2 Å². The van der Waals surface area contributed by atoms with E-state index in [1.165, 1.54) is 12.8 Å². The maximum absolute atomic E-state index is 8.89. The van der Waals surface area contributed by atoms with E-state index in [0.717, 1.165) is 32.4 Å². The van der Waals surface area contributed by atoms with Gasteiger partial charge in [0.25, 0.3) is 0 Å². The first-order valence-electron chi connectivity index (χ1n) is 4.95. The molecule has 0 aromatic rings. The molecule has 0 amide bonds. The van der Waals surface area contributed by atoms with Gasteiger partial charge in [-0.15, -0.1) is 12.3 Å². The maximum atomic E-state index is 8.89. The Kier molecular flexibility index (Phi) is 4.36. The lowest BCUT2D eigenvalue weighted by Crippen LogP contribution is -2.39. The van der Waals surface area contributed by atoms with Crippen molar-refractivity contribution < 1.29 is 0 Å². The Hall–Kier alpha value is -0.990. The van der Waals surface area contributed by atoms with Crippen LogP contribution in [-0.4, -0.2) is 24.0 Å². The van der Waals surface area contributed by atoms with Crippen LogP contribution in [-0.2, 0) is 0 Å². The number of terminal acetylenes is 1. The van der Waals surface area contributed by atoms with Crippen LogP contribution < -0.4 is 0 Å². The molecule has 1 atom stereocenters. The number of hydrogen-bond acceptors (Lipinski definition) is 2. The van der Waals surface area contributed by atoms with Gasteiger partial charge < -0.3 is 0 Å². The minimum Gasteiger partial charge on any atom is -0.288 e. The third-order valence-electron chi connectivity index (χ3n) is 2.53. The van der Waals surface area contributed by atoms with Crippen molar-refractivity contribution in [3.8, 4) is 18.4 Å². The van der Waals surface area contributed by atoms with Crippen LogP contribution in [0.4, 0.5) is 0 Å². The number of nitriles is 1. The highest BCUT2D eigenvalue weighted by Crippen LogP contribution is 2.16. The van der Waals surface area contributed by atoms with E-state index in [1.807, 2.05) is 0 Å². The Labute approximate surface area is 80.5 Å². The van der Waals surface area contributed by atoms with Gasteiger partial charge in [-0.1, -0.05) is 0 Å². The molecule has 1 fully saturated rings. The molecule has 0 bridgehead atoms. The zero-order valence-corrected chi connectivity index (χ0v) is 8.00. The molecule has 0 spiro atoms. The molecule has 1 aliphatic heterocycles. The Balaban J connectivity index is 2.29. The molecule has 1 aliphatic rings. The van der Waals surface area contributed by atoms with E-state index in [0.29, 0.717) is 0 Å². The molecule has 1 unspecified atom stereocenters. The van der Waals surface area contributed by atoms with Crippen LogP contribution in [0.3, 0.4) is 0 Å². The summed E-state index contributed by atoms with van der Waals surface area (Å²) < 4.78 is 0. The van der Waals surface area contributed by atoms with E-state index < -0.39 is 0 Å². The van der Waals surface area contributed by atoms with Gasteiger partial charge in [0.1, 0.15) is 0 Å². The number of nitrogens with zero attached hydrogens (tertiary/aromatic N) is 2. The van der Waals surface area contributed by atoms with Crippen molar-refractivity contribution in [2.75, 3.05) is 13.1 Å². The maximum Gasteiger partial charge on any atom is 0.0977 e. The lowest BCUT2D eigenvalue weighted by molar-refractivity contribution is 0.183. The van der Waals surface area contributed by atoms with Gasteiger partial charge in [0.2, 0.25) is 0 Å².